The van der Waals surface area contributed by atoms with Gasteiger partial charge in [-0.1, -0.05) is 29.3 Å². The summed E-state index contributed by atoms with van der Waals surface area (Å²) >= 11 is 11.8. The summed E-state index contributed by atoms with van der Waals surface area (Å²) in [6, 6.07) is 11.7. The molecule has 21 heavy (non-hydrogen) atoms. The van der Waals surface area contributed by atoms with Gasteiger partial charge in [0.2, 0.25) is 0 Å². The highest BCUT2D eigenvalue weighted by molar-refractivity contribution is 6.35. The molecule has 0 heterocycles. The molecule has 2 rings (SSSR count). The van der Waals surface area contributed by atoms with Crippen LogP contribution in [0.4, 0.5) is 11.4 Å². The molecule has 2 aromatic rings. The van der Waals surface area contributed by atoms with E-state index >= 15 is 0 Å². The van der Waals surface area contributed by atoms with Gasteiger partial charge in [0.25, 0.3) is 5.91 Å². The normalized spacial score (nSPS) is 11.8. The van der Waals surface area contributed by atoms with E-state index in [0.717, 1.165) is 0 Å². The predicted octanol–water partition coefficient (Wildman–Crippen LogP) is 3.98. The Morgan fingerprint density at radius 3 is 2.67 bits per heavy atom. The van der Waals surface area contributed by atoms with Gasteiger partial charge < -0.3 is 15.8 Å². The third kappa shape index (κ3) is 4.28. The van der Waals surface area contributed by atoms with Crippen LogP contribution in [-0.2, 0) is 4.79 Å². The van der Waals surface area contributed by atoms with Gasteiger partial charge in [0.05, 0.1) is 5.02 Å². The fraction of sp³-hybridized carbons (Fsp3) is 0.133. The first-order valence-electron chi connectivity index (χ1n) is 6.24. The number of hydrogen-bond acceptors (Lipinski definition) is 3. The Bertz CT molecular complexity index is 662. The van der Waals surface area contributed by atoms with Crippen molar-refractivity contribution in [2.75, 3.05) is 11.1 Å². The third-order valence-corrected chi connectivity index (χ3v) is 3.25. The largest absolute Gasteiger partial charge is 0.479 e. The first kappa shape index (κ1) is 15.5. The number of carbonyl (C=O) groups excluding carboxylic acids is 1. The van der Waals surface area contributed by atoms with Crippen LogP contribution in [0.2, 0.25) is 10.0 Å². The van der Waals surface area contributed by atoms with Gasteiger partial charge in [0.15, 0.2) is 6.10 Å². The van der Waals surface area contributed by atoms with Crippen LogP contribution in [0.3, 0.4) is 0 Å². The van der Waals surface area contributed by atoms with E-state index in [1.807, 2.05) is 0 Å². The zero-order valence-electron chi connectivity index (χ0n) is 11.3. The molecule has 0 aliphatic rings. The molecule has 0 fully saturated rings. The molecule has 0 saturated carbocycles. The molecule has 0 aliphatic carbocycles. The number of carbonyl (C=O) groups is 1. The van der Waals surface area contributed by atoms with Crippen molar-refractivity contribution in [3.8, 4) is 5.75 Å². The van der Waals surface area contributed by atoms with Crippen LogP contribution < -0.4 is 15.8 Å². The van der Waals surface area contributed by atoms with E-state index in [4.69, 9.17) is 33.7 Å². The average Bonchev–Trinajstić information content (AvgIpc) is 2.41. The Morgan fingerprint density at radius 1 is 1.24 bits per heavy atom. The quantitative estimate of drug-likeness (QED) is 0.836. The second-order valence-corrected chi connectivity index (χ2v) is 5.29. The Morgan fingerprint density at radius 2 is 2.00 bits per heavy atom. The van der Waals surface area contributed by atoms with E-state index < -0.39 is 6.10 Å². The van der Waals surface area contributed by atoms with E-state index in [1.165, 1.54) is 0 Å². The molecule has 0 saturated heterocycles. The molecule has 4 nitrogen and oxygen atoms in total. The van der Waals surface area contributed by atoms with Crippen molar-refractivity contribution in [1.29, 1.82) is 0 Å². The number of amides is 1. The van der Waals surface area contributed by atoms with Crippen LogP contribution in [0.15, 0.2) is 42.5 Å². The summed E-state index contributed by atoms with van der Waals surface area (Å²) in [5.74, 6) is 0.0999. The molecule has 0 bridgehead atoms. The fourth-order valence-electron chi connectivity index (χ4n) is 1.68. The van der Waals surface area contributed by atoms with Gasteiger partial charge in [-0.3, -0.25) is 4.79 Å². The number of halogens is 2. The van der Waals surface area contributed by atoms with Crippen LogP contribution >= 0.6 is 23.2 Å². The van der Waals surface area contributed by atoms with E-state index in [1.54, 1.807) is 49.4 Å². The van der Waals surface area contributed by atoms with Gasteiger partial charge in [0, 0.05) is 16.4 Å². The SMILES string of the molecule is C[C@H](Oc1ccc(Cl)cc1Cl)C(=O)Nc1cccc(N)c1. The monoisotopic (exact) mass is 324 g/mol. The number of nitrogens with one attached hydrogen (secondary N) is 1. The summed E-state index contributed by atoms with van der Waals surface area (Å²) in [6.45, 7) is 1.63. The van der Waals surface area contributed by atoms with E-state index in [2.05, 4.69) is 5.32 Å². The minimum Gasteiger partial charge on any atom is -0.479 e. The molecule has 3 N–H and O–H groups in total. The maximum absolute atomic E-state index is 12.1. The summed E-state index contributed by atoms with van der Waals surface area (Å²) in [4.78, 5) is 12.1. The van der Waals surface area contributed by atoms with Gasteiger partial charge in [-0.25, -0.2) is 0 Å². The van der Waals surface area contributed by atoms with Gasteiger partial charge in [-0.2, -0.15) is 0 Å². The molecule has 1 amide bonds. The Hall–Kier alpha value is -1.91. The molecule has 0 aromatic heterocycles. The van der Waals surface area contributed by atoms with Crippen molar-refractivity contribution in [2.45, 2.75) is 13.0 Å². The van der Waals surface area contributed by atoms with Gasteiger partial charge in [0.1, 0.15) is 5.75 Å². The number of benzene rings is 2. The van der Waals surface area contributed by atoms with Crippen molar-refractivity contribution in [1.82, 2.24) is 0 Å². The van der Waals surface area contributed by atoms with Crippen molar-refractivity contribution in [3.63, 3.8) is 0 Å². The molecule has 0 unspecified atom stereocenters. The topological polar surface area (TPSA) is 64.3 Å². The van der Waals surface area contributed by atoms with Crippen LogP contribution in [0.25, 0.3) is 0 Å². The number of rotatable bonds is 4. The molecule has 6 heteroatoms. The molecule has 0 spiro atoms. The van der Waals surface area contributed by atoms with Crippen molar-refractivity contribution >= 4 is 40.5 Å². The summed E-state index contributed by atoms with van der Waals surface area (Å²) in [5, 5.41) is 3.58. The minimum absolute atomic E-state index is 0.299. The van der Waals surface area contributed by atoms with Crippen LogP contribution in [-0.4, -0.2) is 12.0 Å². The maximum Gasteiger partial charge on any atom is 0.265 e. The molecule has 2 aromatic carbocycles. The summed E-state index contributed by atoms with van der Waals surface area (Å²) < 4.78 is 5.53. The molecule has 0 radical (unpaired) electrons. The number of hydrogen-bond donors (Lipinski definition) is 2. The Labute approximate surface area is 132 Å². The molecular weight excluding hydrogens is 311 g/mol. The smallest absolute Gasteiger partial charge is 0.265 e. The molecule has 110 valence electrons. The summed E-state index contributed by atoms with van der Waals surface area (Å²) in [5.41, 5.74) is 6.84. The van der Waals surface area contributed by atoms with E-state index in [0.29, 0.717) is 27.2 Å². The number of ether oxygens (including phenoxy) is 1. The van der Waals surface area contributed by atoms with Crippen LogP contribution in [0.5, 0.6) is 5.75 Å². The Kier molecular flexibility index (Phi) is 4.94. The maximum atomic E-state index is 12.1. The summed E-state index contributed by atoms with van der Waals surface area (Å²) in [6.07, 6.45) is -0.717. The van der Waals surface area contributed by atoms with E-state index in [9.17, 15) is 4.79 Å². The van der Waals surface area contributed by atoms with Gasteiger partial charge in [-0.15, -0.1) is 0 Å². The van der Waals surface area contributed by atoms with Gasteiger partial charge >= 0.3 is 0 Å². The highest BCUT2D eigenvalue weighted by Crippen LogP contribution is 2.28. The lowest BCUT2D eigenvalue weighted by Crippen LogP contribution is -2.30. The molecule has 0 aliphatic heterocycles. The highest BCUT2D eigenvalue weighted by atomic mass is 35.5. The zero-order valence-corrected chi connectivity index (χ0v) is 12.8. The first-order valence-corrected chi connectivity index (χ1v) is 6.99. The van der Waals surface area contributed by atoms with E-state index in [-0.39, 0.29) is 5.91 Å². The van der Waals surface area contributed by atoms with Crippen molar-refractivity contribution in [3.05, 3.63) is 52.5 Å². The highest BCUT2D eigenvalue weighted by Gasteiger charge is 2.16. The Balaban J connectivity index is 2.02. The number of nitrogen functional groups attached to an aromatic ring is 1. The molecule has 1 atom stereocenters. The number of anilines is 2. The van der Waals surface area contributed by atoms with Crippen molar-refractivity contribution < 1.29 is 9.53 Å². The lowest BCUT2D eigenvalue weighted by Gasteiger charge is -2.16. The summed E-state index contributed by atoms with van der Waals surface area (Å²) in [7, 11) is 0. The first-order chi connectivity index (χ1) is 9.95. The van der Waals surface area contributed by atoms with Crippen LogP contribution in [0, 0.1) is 0 Å². The second-order valence-electron chi connectivity index (χ2n) is 4.45. The molecular formula is C15H14Cl2N2O2. The van der Waals surface area contributed by atoms with Crippen molar-refractivity contribution in [2.24, 2.45) is 0 Å². The second kappa shape index (κ2) is 6.70. The number of nitrogens with two attached hydrogens (primary N) is 1. The minimum atomic E-state index is -0.717. The lowest BCUT2D eigenvalue weighted by atomic mass is 10.2. The zero-order chi connectivity index (χ0) is 15.4. The predicted molar refractivity (Wildman–Crippen MR) is 86.0 cm³/mol. The lowest BCUT2D eigenvalue weighted by molar-refractivity contribution is -0.122. The fourth-order valence-corrected chi connectivity index (χ4v) is 2.13. The standard InChI is InChI=1S/C15H14Cl2N2O2/c1-9(21-14-6-5-10(16)7-13(14)17)15(20)19-12-4-2-3-11(18)8-12/h2-9H,18H2,1H3,(H,19,20)/t9-/m0/s1. The van der Waals surface area contributed by atoms with Crippen LogP contribution in [0.1, 0.15) is 6.92 Å². The average molecular weight is 325 g/mol. The third-order valence-electron chi connectivity index (χ3n) is 2.72. The van der Waals surface area contributed by atoms with Gasteiger partial charge in [-0.05, 0) is 43.3 Å².